The minimum atomic E-state index is 0. The van der Waals surface area contributed by atoms with Crippen molar-refractivity contribution in [1.82, 2.24) is 4.98 Å². The maximum Gasteiger partial charge on any atom is 0.168 e. The van der Waals surface area contributed by atoms with Crippen LogP contribution in [0.1, 0.15) is 26.3 Å². The molecule has 0 N–H and O–H groups in total. The maximum absolute atomic E-state index is 3.98. The van der Waals surface area contributed by atoms with E-state index in [2.05, 4.69) is 17.8 Å². The van der Waals surface area contributed by atoms with E-state index in [1.165, 1.54) is 11.1 Å². The Morgan fingerprint density at radius 3 is 2.24 bits per heavy atom. The summed E-state index contributed by atoms with van der Waals surface area (Å²) in [6, 6.07) is 3.98. The molecule has 0 aliphatic heterocycles. The molecule has 0 atom stereocenters. The predicted molar refractivity (Wildman–Crippen MR) is 71.7 cm³/mol. The van der Waals surface area contributed by atoms with Gasteiger partial charge in [0, 0.05) is 59.8 Å². The van der Waals surface area contributed by atoms with Crippen molar-refractivity contribution < 1.29 is 45.9 Å². The first-order valence-electron chi connectivity index (χ1n) is 5.52. The van der Waals surface area contributed by atoms with Gasteiger partial charge in [-0.25, -0.2) is 4.58 Å². The van der Waals surface area contributed by atoms with Gasteiger partial charge in [-0.3, -0.25) is 4.98 Å². The van der Waals surface area contributed by atoms with Crippen molar-refractivity contribution in [2.75, 3.05) is 7.05 Å². The normalized spacial score (nSPS) is 10.2. The summed E-state index contributed by atoms with van der Waals surface area (Å²) in [4.78, 5) is 3.98. The molecule has 0 aromatic carbocycles. The molecule has 0 saturated carbocycles. The van der Waals surface area contributed by atoms with Crippen LogP contribution < -0.4 is 0 Å². The Morgan fingerprint density at radius 1 is 1.29 bits per heavy atom. The molecule has 0 aliphatic rings. The topological polar surface area (TPSA) is 15.9 Å². The Kier molecular flexibility index (Phi) is 13.6. The van der Waals surface area contributed by atoms with Crippen molar-refractivity contribution in [2.24, 2.45) is 0 Å². The molecule has 2 nitrogen and oxygen atoms in total. The second-order valence-corrected chi connectivity index (χ2v) is 3.05. The summed E-state index contributed by atoms with van der Waals surface area (Å²) in [7, 11) is 1.90. The fourth-order valence-corrected chi connectivity index (χ4v) is 1.11. The van der Waals surface area contributed by atoms with Crippen molar-refractivity contribution in [3.63, 3.8) is 0 Å². The van der Waals surface area contributed by atoms with E-state index < -0.39 is 0 Å². The molecule has 0 amide bonds. The average Bonchev–Trinajstić information content (AvgIpc) is 2.33. The summed E-state index contributed by atoms with van der Waals surface area (Å²) >= 11 is 0. The van der Waals surface area contributed by atoms with Crippen molar-refractivity contribution in [3.8, 4) is 0 Å². The van der Waals surface area contributed by atoms with Crippen LogP contribution in [0.25, 0.3) is 5.57 Å². The third-order valence-electron chi connectivity index (χ3n) is 1.83. The first-order valence-corrected chi connectivity index (χ1v) is 5.52. The van der Waals surface area contributed by atoms with Gasteiger partial charge in [-0.05, 0) is 30.2 Å². The zero-order valence-corrected chi connectivity index (χ0v) is 14.9. The van der Waals surface area contributed by atoms with E-state index in [0.717, 1.165) is 0 Å². The van der Waals surface area contributed by atoms with Gasteiger partial charge in [-0.1, -0.05) is 19.9 Å². The Hall–Kier alpha value is -0.336. The fraction of sp³-hybridized carbons (Fsp3) is 0.286. The van der Waals surface area contributed by atoms with Gasteiger partial charge in [-0.15, -0.1) is 0 Å². The number of hydrogen-bond acceptors (Lipinski definition) is 1. The minimum Gasteiger partial charge on any atom is -0.265 e. The van der Waals surface area contributed by atoms with Crippen LogP contribution in [0, 0.1) is 41.3 Å². The van der Waals surface area contributed by atoms with E-state index in [-0.39, 0.29) is 41.3 Å². The van der Waals surface area contributed by atoms with E-state index in [9.17, 15) is 0 Å². The summed E-state index contributed by atoms with van der Waals surface area (Å²) in [6.45, 7) is 9.76. The number of hydrogen-bond donors (Lipinski definition) is 0. The van der Waals surface area contributed by atoms with Crippen LogP contribution in [0.5, 0.6) is 0 Å². The summed E-state index contributed by atoms with van der Waals surface area (Å²) in [6.07, 6.45) is 9.61. The molecule has 0 saturated heterocycles. The van der Waals surface area contributed by atoms with Gasteiger partial charge in [0.15, 0.2) is 6.20 Å². The molecule has 3 heteroatoms. The summed E-state index contributed by atoms with van der Waals surface area (Å²) in [5.74, 6) is 0. The third kappa shape index (κ3) is 8.40. The molecular formula is C14H21N2Pr+. The Labute approximate surface area is 138 Å². The SMILES string of the molecule is C=[N+](C)/C=C\C(=C/C)c1ccncc1.CC.[Pr]. The van der Waals surface area contributed by atoms with Crippen LogP contribution in [0.3, 0.4) is 0 Å². The van der Waals surface area contributed by atoms with Gasteiger partial charge in [0.25, 0.3) is 0 Å². The fourth-order valence-electron chi connectivity index (χ4n) is 1.11. The van der Waals surface area contributed by atoms with Crippen molar-refractivity contribution >= 4 is 12.3 Å². The van der Waals surface area contributed by atoms with Crippen LogP contribution >= 0.6 is 0 Å². The second kappa shape index (κ2) is 12.1. The quantitative estimate of drug-likeness (QED) is 0.460. The van der Waals surface area contributed by atoms with Gasteiger partial charge in [0.2, 0.25) is 0 Å². The summed E-state index contributed by atoms with van der Waals surface area (Å²) in [5.41, 5.74) is 2.34. The number of nitrogens with zero attached hydrogens (tertiary/aromatic N) is 2. The molecule has 1 radical (unpaired) electrons. The van der Waals surface area contributed by atoms with Crippen LogP contribution in [0.2, 0.25) is 0 Å². The standard InChI is InChI=1S/C12H15N2.C2H6.Pr/c1-4-11(7-10-14(2)3)12-5-8-13-9-6-12;1-2;/h4-10H,2H2,1,3H3;1-2H3;/q+1;;/b10-7-,11-4+;;. The van der Waals surface area contributed by atoms with Crippen LogP contribution in [-0.4, -0.2) is 23.3 Å². The largest absolute Gasteiger partial charge is 0.265 e. The number of pyridine rings is 1. The monoisotopic (exact) mass is 358 g/mol. The first-order chi connectivity index (χ1) is 7.74. The van der Waals surface area contributed by atoms with Gasteiger partial charge < -0.3 is 0 Å². The molecular weight excluding hydrogens is 337 g/mol. The average molecular weight is 358 g/mol. The summed E-state index contributed by atoms with van der Waals surface area (Å²) in [5, 5.41) is 0. The van der Waals surface area contributed by atoms with Crippen molar-refractivity contribution in [2.45, 2.75) is 20.8 Å². The van der Waals surface area contributed by atoms with Crippen LogP contribution in [-0.2, 0) is 0 Å². The van der Waals surface area contributed by atoms with Crippen LogP contribution in [0.15, 0.2) is 42.9 Å². The molecule has 1 rings (SSSR count). The number of rotatable bonds is 3. The molecule has 1 aromatic heterocycles. The van der Waals surface area contributed by atoms with Gasteiger partial charge >= 0.3 is 0 Å². The summed E-state index contributed by atoms with van der Waals surface area (Å²) < 4.78 is 1.77. The smallest absolute Gasteiger partial charge is 0.168 e. The first kappa shape index (κ1) is 19.0. The van der Waals surface area contributed by atoms with Gasteiger partial charge in [0.05, 0.1) is 0 Å². The predicted octanol–water partition coefficient (Wildman–Crippen LogP) is 3.37. The van der Waals surface area contributed by atoms with Crippen molar-refractivity contribution in [3.05, 3.63) is 48.4 Å². The Bertz CT molecular complexity index is 367. The molecule has 0 unspecified atom stereocenters. The van der Waals surface area contributed by atoms with E-state index in [4.69, 9.17) is 0 Å². The maximum atomic E-state index is 3.98. The minimum absolute atomic E-state index is 0. The molecule has 1 aromatic rings. The van der Waals surface area contributed by atoms with Gasteiger partial charge in [0.1, 0.15) is 13.8 Å². The van der Waals surface area contributed by atoms with E-state index in [1.807, 2.05) is 52.2 Å². The van der Waals surface area contributed by atoms with E-state index in [0.29, 0.717) is 0 Å². The third-order valence-corrected chi connectivity index (χ3v) is 1.83. The molecule has 17 heavy (non-hydrogen) atoms. The second-order valence-electron chi connectivity index (χ2n) is 3.05. The molecule has 0 bridgehead atoms. The number of allylic oxidation sites excluding steroid dienone is 3. The molecule has 0 fully saturated rings. The van der Waals surface area contributed by atoms with E-state index >= 15 is 0 Å². The van der Waals surface area contributed by atoms with Gasteiger partial charge in [-0.2, -0.15) is 0 Å². The van der Waals surface area contributed by atoms with Crippen LogP contribution in [0.4, 0.5) is 0 Å². The zero-order valence-electron chi connectivity index (χ0n) is 11.2. The molecule has 0 aliphatic carbocycles. The molecule has 89 valence electrons. The van der Waals surface area contributed by atoms with Crippen molar-refractivity contribution in [1.29, 1.82) is 0 Å². The Morgan fingerprint density at radius 2 is 1.82 bits per heavy atom. The zero-order chi connectivity index (χ0) is 12.4. The molecule has 1 heterocycles. The number of aromatic nitrogens is 1. The Balaban J connectivity index is 0. The van der Waals surface area contributed by atoms with E-state index in [1.54, 1.807) is 17.0 Å². The molecule has 0 spiro atoms.